The van der Waals surface area contributed by atoms with E-state index in [0.29, 0.717) is 12.8 Å². The summed E-state index contributed by atoms with van der Waals surface area (Å²) in [6.45, 7) is 0.431. The van der Waals surface area contributed by atoms with Crippen LogP contribution in [-0.2, 0) is 32.8 Å². The van der Waals surface area contributed by atoms with Crippen LogP contribution in [0.25, 0.3) is 0 Å². The Hall–Kier alpha value is -5.09. The van der Waals surface area contributed by atoms with Gasteiger partial charge in [-0.05, 0) is 72.0 Å². The molecule has 4 atom stereocenters. The molecule has 0 radical (unpaired) electrons. The van der Waals surface area contributed by atoms with Gasteiger partial charge in [0.1, 0.15) is 11.5 Å². The molecule has 0 heterocycles. The van der Waals surface area contributed by atoms with Crippen molar-refractivity contribution in [1.29, 1.82) is 0 Å². The lowest BCUT2D eigenvalue weighted by atomic mass is 9.69. The number of hydrogen-bond acceptors (Lipinski definition) is 8. The normalized spacial score (nSPS) is 24.7. The van der Waals surface area contributed by atoms with E-state index in [1.165, 1.54) is 24.3 Å². The molecule has 3 aromatic rings. The van der Waals surface area contributed by atoms with Crippen LogP contribution >= 0.6 is 0 Å². The van der Waals surface area contributed by atoms with Crippen LogP contribution in [0.4, 0.5) is 0 Å². The Balaban J connectivity index is 1.32. The van der Waals surface area contributed by atoms with Crippen molar-refractivity contribution < 1.29 is 39.9 Å². The highest BCUT2D eigenvalue weighted by molar-refractivity contribution is 6.08. The number of amides is 2. The van der Waals surface area contributed by atoms with Gasteiger partial charge in [0.05, 0.1) is 11.3 Å². The summed E-state index contributed by atoms with van der Waals surface area (Å²) >= 11 is 0. The molecule has 10 nitrogen and oxygen atoms in total. The van der Waals surface area contributed by atoms with Crippen molar-refractivity contribution in [3.8, 4) is 23.0 Å². The van der Waals surface area contributed by atoms with Crippen molar-refractivity contribution in [2.75, 3.05) is 13.1 Å². The molecule has 0 aliphatic heterocycles. The average Bonchev–Trinajstić information content (AvgIpc) is 3.53. The summed E-state index contributed by atoms with van der Waals surface area (Å²) in [5.41, 5.74) is -1.49. The molecule has 0 bridgehead atoms. The minimum atomic E-state index is -2.18. The molecule has 43 heavy (non-hydrogen) atoms. The van der Waals surface area contributed by atoms with Crippen molar-refractivity contribution in [3.05, 3.63) is 107 Å². The third kappa shape index (κ3) is 4.42. The number of nitrogens with one attached hydrogen (secondary N) is 2. The molecule has 2 amide bonds. The minimum Gasteiger partial charge on any atom is -0.508 e. The number of ketones is 1. The van der Waals surface area contributed by atoms with Crippen LogP contribution < -0.4 is 10.6 Å². The maximum Gasteiger partial charge on any atom is 0.247 e. The number of aromatic hydroxyl groups is 4. The van der Waals surface area contributed by atoms with Gasteiger partial charge in [0, 0.05) is 30.1 Å². The molecule has 0 saturated heterocycles. The van der Waals surface area contributed by atoms with E-state index in [1.807, 2.05) is 0 Å². The van der Waals surface area contributed by atoms with E-state index in [-0.39, 0.29) is 41.3 Å². The monoisotopic (exact) mass is 582 g/mol. The van der Waals surface area contributed by atoms with Gasteiger partial charge in [-0.15, -0.1) is 0 Å². The van der Waals surface area contributed by atoms with Gasteiger partial charge in [-0.2, -0.15) is 0 Å². The second kappa shape index (κ2) is 10.3. The number of benzene rings is 3. The molecular weight excluding hydrogens is 552 g/mol. The van der Waals surface area contributed by atoms with Gasteiger partial charge in [-0.25, -0.2) is 0 Å². The van der Waals surface area contributed by atoms with Crippen LogP contribution in [0.1, 0.15) is 28.2 Å². The topological polar surface area (TPSA) is 176 Å². The molecule has 3 aliphatic rings. The molecule has 3 aromatic carbocycles. The quantitative estimate of drug-likeness (QED) is 0.198. The van der Waals surface area contributed by atoms with E-state index in [1.54, 1.807) is 48.5 Å². The molecule has 0 fully saturated rings. The zero-order chi connectivity index (χ0) is 30.5. The maximum absolute atomic E-state index is 13.9. The lowest BCUT2D eigenvalue weighted by Crippen LogP contribution is -2.44. The Labute approximate surface area is 246 Å². The molecule has 220 valence electrons. The number of aliphatic hydroxyl groups is 1. The Kier molecular flexibility index (Phi) is 6.73. The van der Waals surface area contributed by atoms with E-state index in [0.717, 1.165) is 17.2 Å². The predicted octanol–water partition coefficient (Wildman–Crippen LogP) is 2.19. The van der Waals surface area contributed by atoms with E-state index < -0.39 is 51.9 Å². The number of phenolic OH excluding ortho intramolecular Hbond substituents is 4. The Morgan fingerprint density at radius 3 is 1.95 bits per heavy atom. The molecule has 0 unspecified atom stereocenters. The second-order valence-corrected chi connectivity index (χ2v) is 11.2. The van der Waals surface area contributed by atoms with E-state index in [4.69, 9.17) is 0 Å². The van der Waals surface area contributed by atoms with E-state index >= 15 is 0 Å². The zero-order valence-electron chi connectivity index (χ0n) is 22.9. The molecule has 3 aliphatic carbocycles. The molecule has 6 rings (SSSR count). The SMILES string of the molecule is O=C(NCCc1ccc(O)cc1)C1=C[C@@]23C=CC(=O)[C@]2(O)c2cc(O)c(O)cc2[C@H]3[C@H]1C(=O)NCCc1ccc(O)cc1. The fourth-order valence-electron chi connectivity index (χ4n) is 6.70. The number of fused-ring (bicyclic) bond motifs is 3. The number of carbonyl (C=O) groups excluding carboxylic acids is 3. The van der Waals surface area contributed by atoms with Crippen molar-refractivity contribution in [2.24, 2.45) is 11.3 Å². The van der Waals surface area contributed by atoms with Crippen LogP contribution in [0.15, 0.2) is 84.5 Å². The van der Waals surface area contributed by atoms with E-state index in [2.05, 4.69) is 10.6 Å². The largest absolute Gasteiger partial charge is 0.508 e. The van der Waals surface area contributed by atoms with Crippen LogP contribution in [-0.4, -0.2) is 56.2 Å². The van der Waals surface area contributed by atoms with Crippen molar-refractivity contribution in [3.63, 3.8) is 0 Å². The number of phenols is 4. The number of rotatable bonds is 8. The van der Waals surface area contributed by atoms with Gasteiger partial charge in [0.25, 0.3) is 0 Å². The zero-order valence-corrected chi connectivity index (χ0v) is 22.9. The molecule has 1 spiro atoms. The Morgan fingerprint density at radius 1 is 0.791 bits per heavy atom. The summed E-state index contributed by atoms with van der Waals surface area (Å²) in [6, 6.07) is 15.5. The molecule has 0 saturated carbocycles. The van der Waals surface area contributed by atoms with E-state index in [9.17, 15) is 39.9 Å². The van der Waals surface area contributed by atoms with Gasteiger partial charge in [-0.3, -0.25) is 14.4 Å². The summed E-state index contributed by atoms with van der Waals surface area (Å²) in [5, 5.41) is 57.4. The van der Waals surface area contributed by atoms with Crippen molar-refractivity contribution in [2.45, 2.75) is 24.4 Å². The third-order valence-electron chi connectivity index (χ3n) is 8.77. The first-order chi connectivity index (χ1) is 20.5. The van der Waals surface area contributed by atoms with Gasteiger partial charge < -0.3 is 36.2 Å². The van der Waals surface area contributed by atoms with Gasteiger partial charge >= 0.3 is 0 Å². The van der Waals surface area contributed by atoms with Crippen LogP contribution in [0.2, 0.25) is 0 Å². The van der Waals surface area contributed by atoms with Crippen LogP contribution in [0.3, 0.4) is 0 Å². The predicted molar refractivity (Wildman–Crippen MR) is 154 cm³/mol. The fraction of sp³-hybridized carbons (Fsp3) is 0.242. The number of hydrogen-bond donors (Lipinski definition) is 7. The highest BCUT2D eigenvalue weighted by atomic mass is 16.3. The molecular formula is C33H30N2O8. The maximum atomic E-state index is 13.9. The third-order valence-corrected chi connectivity index (χ3v) is 8.77. The summed E-state index contributed by atoms with van der Waals surface area (Å²) in [4.78, 5) is 40.8. The van der Waals surface area contributed by atoms with Crippen molar-refractivity contribution in [1.82, 2.24) is 10.6 Å². The first kappa shape index (κ1) is 28.0. The summed E-state index contributed by atoms with van der Waals surface area (Å²) in [7, 11) is 0. The van der Waals surface area contributed by atoms with Crippen LogP contribution in [0.5, 0.6) is 23.0 Å². The lowest BCUT2D eigenvalue weighted by Gasteiger charge is -2.34. The highest BCUT2D eigenvalue weighted by Gasteiger charge is 2.71. The standard InChI is InChI=1S/C33H30N2O8/c36-20-5-1-18(2-6-20)10-13-34-30(41)23-17-32-12-9-27(40)33(32,43)24-16-26(39)25(38)15-22(24)29(32)28(23)31(42)35-14-11-19-3-7-21(37)8-4-19/h1-9,12,15-17,28-29,36-39,43H,10-11,13-14H2,(H,34,41)(H,35,42)/t28-,29-,32+,33+/m0/s1. The van der Waals surface area contributed by atoms with Gasteiger partial charge in [0.15, 0.2) is 22.9 Å². The first-order valence-electron chi connectivity index (χ1n) is 13.9. The fourth-order valence-corrected chi connectivity index (χ4v) is 6.70. The molecule has 10 heteroatoms. The Morgan fingerprint density at radius 2 is 1.35 bits per heavy atom. The highest BCUT2D eigenvalue weighted by Crippen LogP contribution is 2.69. The van der Waals surface area contributed by atoms with Crippen LogP contribution in [0, 0.1) is 11.3 Å². The van der Waals surface area contributed by atoms with Gasteiger partial charge in [0.2, 0.25) is 11.8 Å². The second-order valence-electron chi connectivity index (χ2n) is 11.2. The molecule has 0 aromatic heterocycles. The number of carbonyl (C=O) groups is 3. The smallest absolute Gasteiger partial charge is 0.247 e. The minimum absolute atomic E-state index is 0.0766. The van der Waals surface area contributed by atoms with Gasteiger partial charge in [-0.1, -0.05) is 36.4 Å². The molecule has 7 N–H and O–H groups in total. The lowest BCUT2D eigenvalue weighted by molar-refractivity contribution is -0.139. The summed E-state index contributed by atoms with van der Waals surface area (Å²) in [6.07, 6.45) is 5.10. The Bertz CT molecular complexity index is 1690. The van der Waals surface area contributed by atoms with Crippen molar-refractivity contribution >= 4 is 17.6 Å². The summed E-state index contributed by atoms with van der Waals surface area (Å²) < 4.78 is 0. The average molecular weight is 583 g/mol. The summed E-state index contributed by atoms with van der Waals surface area (Å²) in [5.74, 6) is -4.51. The first-order valence-corrected chi connectivity index (χ1v) is 13.9.